The summed E-state index contributed by atoms with van der Waals surface area (Å²) < 4.78 is 0.745. The van der Waals surface area contributed by atoms with Crippen molar-refractivity contribution in [3.63, 3.8) is 0 Å². The fraction of sp³-hybridized carbons (Fsp3) is 0.500. The van der Waals surface area contributed by atoms with E-state index in [2.05, 4.69) is 18.7 Å². The molecule has 1 aromatic carbocycles. The molecule has 0 unspecified atom stereocenters. The SMILES string of the molecule is C[C@@H]1C[C@@H](C)CN(C(=S)S[C@@H]2CC(=O)N(c3ccccc3)C2=O)C1. The Balaban J connectivity index is 1.67. The molecule has 3 atom stereocenters. The zero-order valence-corrected chi connectivity index (χ0v) is 15.6. The highest BCUT2D eigenvalue weighted by Crippen LogP contribution is 2.32. The summed E-state index contributed by atoms with van der Waals surface area (Å²) in [5, 5.41) is -0.405. The second-order valence-corrected chi connectivity index (χ2v) is 8.67. The lowest BCUT2D eigenvalue weighted by Gasteiger charge is -2.36. The van der Waals surface area contributed by atoms with Gasteiger partial charge in [-0.15, -0.1) is 0 Å². The zero-order valence-electron chi connectivity index (χ0n) is 14.0. The van der Waals surface area contributed by atoms with Crippen LogP contribution in [0.25, 0.3) is 0 Å². The molecule has 2 amide bonds. The summed E-state index contributed by atoms with van der Waals surface area (Å²) in [4.78, 5) is 28.5. The highest BCUT2D eigenvalue weighted by atomic mass is 32.2. The molecule has 0 saturated carbocycles. The Bertz CT molecular complexity index is 640. The Hall–Kier alpha value is -1.40. The molecule has 1 aromatic rings. The molecule has 3 rings (SSSR count). The summed E-state index contributed by atoms with van der Waals surface area (Å²) in [5.41, 5.74) is 0.640. The van der Waals surface area contributed by atoms with Crippen LogP contribution in [0, 0.1) is 11.8 Å². The summed E-state index contributed by atoms with van der Waals surface area (Å²) in [6.07, 6.45) is 1.43. The minimum absolute atomic E-state index is 0.146. The molecule has 0 spiro atoms. The van der Waals surface area contributed by atoms with Crippen LogP contribution in [-0.2, 0) is 9.59 Å². The Morgan fingerprint density at radius 2 is 1.75 bits per heavy atom. The van der Waals surface area contributed by atoms with Crippen molar-refractivity contribution in [2.24, 2.45) is 11.8 Å². The molecule has 128 valence electrons. The summed E-state index contributed by atoms with van der Waals surface area (Å²) in [6.45, 7) is 6.34. The van der Waals surface area contributed by atoms with Gasteiger partial charge in [0.15, 0.2) is 0 Å². The van der Waals surface area contributed by atoms with Gasteiger partial charge >= 0.3 is 0 Å². The number of carbonyl (C=O) groups is 2. The minimum Gasteiger partial charge on any atom is -0.357 e. The molecule has 4 nitrogen and oxygen atoms in total. The molecule has 0 aliphatic carbocycles. The standard InChI is InChI=1S/C18H22N2O2S2/c1-12-8-13(2)11-19(10-12)18(23)24-15-9-16(21)20(17(15)22)14-6-4-3-5-7-14/h3-7,12-13,15H,8-11H2,1-2H3/t12-,13-,15-/m1/s1. The number of hydrogen-bond donors (Lipinski definition) is 0. The van der Waals surface area contributed by atoms with Gasteiger partial charge in [0.2, 0.25) is 11.8 Å². The third kappa shape index (κ3) is 3.64. The second-order valence-electron chi connectivity index (χ2n) is 6.83. The smallest absolute Gasteiger partial charge is 0.247 e. The number of hydrogen-bond acceptors (Lipinski definition) is 4. The number of likely N-dealkylation sites (tertiary alicyclic amines) is 1. The Kier molecular flexibility index (Phi) is 5.25. The molecule has 2 fully saturated rings. The first kappa shape index (κ1) is 17.4. The molecule has 6 heteroatoms. The molecule has 2 aliphatic rings. The van der Waals surface area contributed by atoms with Crippen LogP contribution in [0.15, 0.2) is 30.3 Å². The van der Waals surface area contributed by atoms with Crippen molar-refractivity contribution in [3.05, 3.63) is 30.3 Å². The number of nitrogens with zero attached hydrogens (tertiary/aromatic N) is 2. The Morgan fingerprint density at radius 1 is 1.12 bits per heavy atom. The van der Waals surface area contributed by atoms with Crippen molar-refractivity contribution < 1.29 is 9.59 Å². The van der Waals surface area contributed by atoms with E-state index in [9.17, 15) is 9.59 Å². The third-order valence-electron chi connectivity index (χ3n) is 4.49. The van der Waals surface area contributed by atoms with Crippen molar-refractivity contribution in [3.8, 4) is 0 Å². The summed E-state index contributed by atoms with van der Waals surface area (Å²) in [7, 11) is 0. The number of piperidine rings is 1. The molecular weight excluding hydrogens is 340 g/mol. The van der Waals surface area contributed by atoms with Gasteiger partial charge in [-0.3, -0.25) is 9.59 Å². The topological polar surface area (TPSA) is 40.6 Å². The van der Waals surface area contributed by atoms with Gasteiger partial charge < -0.3 is 4.90 Å². The fourth-order valence-electron chi connectivity index (χ4n) is 3.55. The maximum Gasteiger partial charge on any atom is 0.247 e. The molecule has 0 aromatic heterocycles. The van der Waals surface area contributed by atoms with Crippen molar-refractivity contribution in [1.82, 2.24) is 4.90 Å². The number of carbonyl (C=O) groups excluding carboxylic acids is 2. The van der Waals surface area contributed by atoms with Crippen molar-refractivity contribution in [1.29, 1.82) is 0 Å². The Labute approximate surface area is 152 Å². The third-order valence-corrected chi connectivity index (χ3v) is 6.15. The molecule has 0 radical (unpaired) electrons. The van der Waals surface area contributed by atoms with Crippen LogP contribution in [0.5, 0.6) is 0 Å². The van der Waals surface area contributed by atoms with E-state index in [1.807, 2.05) is 18.2 Å². The van der Waals surface area contributed by atoms with E-state index in [1.54, 1.807) is 12.1 Å². The van der Waals surface area contributed by atoms with Crippen LogP contribution in [0.4, 0.5) is 5.69 Å². The first-order valence-electron chi connectivity index (χ1n) is 8.33. The molecule has 0 N–H and O–H groups in total. The van der Waals surface area contributed by atoms with Crippen LogP contribution in [0.3, 0.4) is 0 Å². The average Bonchev–Trinajstić information content (AvgIpc) is 2.81. The normalized spacial score (nSPS) is 27.7. The molecule has 24 heavy (non-hydrogen) atoms. The van der Waals surface area contributed by atoms with E-state index in [4.69, 9.17) is 12.2 Å². The van der Waals surface area contributed by atoms with Gasteiger partial charge in [-0.1, -0.05) is 56.0 Å². The number of thiocarbonyl (C=S) groups is 1. The quantitative estimate of drug-likeness (QED) is 0.596. The van der Waals surface area contributed by atoms with Gasteiger partial charge in [0, 0.05) is 19.5 Å². The van der Waals surface area contributed by atoms with Crippen LogP contribution in [0.2, 0.25) is 0 Å². The van der Waals surface area contributed by atoms with Gasteiger partial charge in [-0.25, -0.2) is 4.90 Å². The highest BCUT2D eigenvalue weighted by molar-refractivity contribution is 8.23. The fourth-order valence-corrected chi connectivity index (χ4v) is 5.02. The summed E-state index contributed by atoms with van der Waals surface area (Å²) in [6, 6.07) is 9.11. The molecule has 2 heterocycles. The molecule has 2 aliphatic heterocycles. The zero-order chi connectivity index (χ0) is 17.3. The lowest BCUT2D eigenvalue weighted by atomic mass is 9.92. The van der Waals surface area contributed by atoms with Crippen LogP contribution >= 0.6 is 24.0 Å². The van der Waals surface area contributed by atoms with Crippen molar-refractivity contribution in [2.75, 3.05) is 18.0 Å². The number of para-hydroxylation sites is 1. The van der Waals surface area contributed by atoms with E-state index >= 15 is 0 Å². The lowest BCUT2D eigenvalue weighted by Crippen LogP contribution is -2.41. The van der Waals surface area contributed by atoms with E-state index in [1.165, 1.54) is 23.1 Å². The van der Waals surface area contributed by atoms with Gasteiger partial charge in [0.1, 0.15) is 9.57 Å². The predicted molar refractivity (Wildman–Crippen MR) is 102 cm³/mol. The van der Waals surface area contributed by atoms with E-state index < -0.39 is 5.25 Å². The van der Waals surface area contributed by atoms with Crippen LogP contribution in [0.1, 0.15) is 26.7 Å². The number of benzene rings is 1. The number of amides is 2. The first-order valence-corrected chi connectivity index (χ1v) is 9.62. The van der Waals surface area contributed by atoms with E-state index in [0.717, 1.165) is 17.4 Å². The number of imide groups is 1. The number of thioether (sulfide) groups is 1. The Morgan fingerprint density at radius 3 is 2.38 bits per heavy atom. The average molecular weight is 363 g/mol. The maximum atomic E-state index is 12.7. The van der Waals surface area contributed by atoms with Gasteiger partial charge in [-0.2, -0.15) is 0 Å². The molecule has 2 saturated heterocycles. The molecule has 0 bridgehead atoms. The number of anilines is 1. The van der Waals surface area contributed by atoms with Gasteiger partial charge in [0.25, 0.3) is 0 Å². The summed E-state index contributed by atoms with van der Waals surface area (Å²) >= 11 is 6.94. The predicted octanol–water partition coefficient (Wildman–Crippen LogP) is 3.31. The number of rotatable bonds is 2. The highest BCUT2D eigenvalue weighted by Gasteiger charge is 2.41. The summed E-state index contributed by atoms with van der Waals surface area (Å²) in [5.74, 6) is 0.909. The van der Waals surface area contributed by atoms with E-state index in [0.29, 0.717) is 17.5 Å². The lowest BCUT2D eigenvalue weighted by molar-refractivity contribution is -0.121. The van der Waals surface area contributed by atoms with Crippen LogP contribution < -0.4 is 4.90 Å². The first-order chi connectivity index (χ1) is 11.5. The van der Waals surface area contributed by atoms with Gasteiger partial charge in [-0.05, 0) is 30.4 Å². The monoisotopic (exact) mass is 362 g/mol. The van der Waals surface area contributed by atoms with E-state index in [-0.39, 0.29) is 18.2 Å². The maximum absolute atomic E-state index is 12.7. The molecular formula is C18H22N2O2S2. The minimum atomic E-state index is -0.405. The van der Waals surface area contributed by atoms with Gasteiger partial charge in [0.05, 0.1) is 5.69 Å². The second kappa shape index (κ2) is 7.23. The van der Waals surface area contributed by atoms with Crippen molar-refractivity contribution >= 4 is 45.8 Å². The van der Waals surface area contributed by atoms with Crippen molar-refractivity contribution in [2.45, 2.75) is 31.9 Å². The van der Waals surface area contributed by atoms with Crippen LogP contribution in [-0.4, -0.2) is 39.4 Å². The largest absolute Gasteiger partial charge is 0.357 e.